The molecular weight excluding hydrogens is 127 g/mol. The smallest absolute Gasteiger partial charge is 0.427 e. The second kappa shape index (κ2) is 4.75. The maximum absolute atomic E-state index is 9.15. The predicted molar refractivity (Wildman–Crippen MR) is 43.9 cm³/mol. The third-order valence-corrected chi connectivity index (χ3v) is 1.17. The minimum Gasteiger partial charge on any atom is -0.427 e. The van der Waals surface area contributed by atoms with E-state index < -0.39 is 7.12 Å². The Bertz CT molecular complexity index is 83.7. The van der Waals surface area contributed by atoms with Crippen LogP contribution in [0.5, 0.6) is 0 Å². The first-order chi connectivity index (χ1) is 4.54. The van der Waals surface area contributed by atoms with Crippen LogP contribution in [0.2, 0.25) is 5.82 Å². The Morgan fingerprint density at radius 1 is 1.30 bits per heavy atom. The molecule has 0 rings (SSSR count). The average molecular weight is 144 g/mol. The third kappa shape index (κ3) is 4.83. The van der Waals surface area contributed by atoms with Crippen LogP contribution >= 0.6 is 0 Å². The van der Waals surface area contributed by atoms with Gasteiger partial charge in [0.05, 0.1) is 0 Å². The molecule has 0 aromatic heterocycles. The Morgan fingerprint density at radius 3 is 2.10 bits per heavy atom. The van der Waals surface area contributed by atoms with E-state index >= 15 is 0 Å². The fourth-order valence-electron chi connectivity index (χ4n) is 0.483. The topological polar surface area (TPSA) is 29.5 Å². The summed E-state index contributed by atoms with van der Waals surface area (Å²) < 4.78 is 5.12. The molecule has 10 heavy (non-hydrogen) atoms. The monoisotopic (exact) mass is 144 g/mol. The van der Waals surface area contributed by atoms with Gasteiger partial charge in [-0.1, -0.05) is 27.7 Å². The van der Waals surface area contributed by atoms with Crippen LogP contribution in [0.4, 0.5) is 0 Å². The highest BCUT2D eigenvalue weighted by atomic mass is 16.5. The van der Waals surface area contributed by atoms with E-state index in [-0.39, 0.29) is 5.82 Å². The molecule has 0 saturated carbocycles. The van der Waals surface area contributed by atoms with Crippen molar-refractivity contribution < 1.29 is 9.68 Å². The highest BCUT2D eigenvalue weighted by molar-refractivity contribution is 6.44. The summed E-state index contributed by atoms with van der Waals surface area (Å²) in [5.41, 5.74) is 0. The van der Waals surface area contributed by atoms with Crippen molar-refractivity contribution >= 4 is 7.12 Å². The third-order valence-electron chi connectivity index (χ3n) is 1.17. The van der Waals surface area contributed by atoms with E-state index in [4.69, 9.17) is 9.68 Å². The molecule has 0 unspecified atom stereocenters. The maximum Gasteiger partial charge on any atom is 0.456 e. The molecule has 0 fully saturated rings. The Hall–Kier alpha value is -0.0151. The molecule has 0 radical (unpaired) electrons. The molecule has 0 aliphatic heterocycles. The minimum absolute atomic E-state index is 0.193. The molecule has 0 bridgehead atoms. The summed E-state index contributed by atoms with van der Waals surface area (Å²) >= 11 is 0. The summed E-state index contributed by atoms with van der Waals surface area (Å²) in [4.78, 5) is 0. The molecule has 1 N–H and O–H groups in total. The van der Waals surface area contributed by atoms with E-state index in [1.807, 2.05) is 13.8 Å². The number of hydrogen-bond donors (Lipinski definition) is 1. The van der Waals surface area contributed by atoms with Gasteiger partial charge in [-0.25, -0.2) is 0 Å². The summed E-state index contributed by atoms with van der Waals surface area (Å²) in [5, 5.41) is 9.15. The fourth-order valence-corrected chi connectivity index (χ4v) is 0.483. The van der Waals surface area contributed by atoms with E-state index in [2.05, 4.69) is 13.8 Å². The van der Waals surface area contributed by atoms with Crippen LogP contribution in [0.15, 0.2) is 0 Å². The lowest BCUT2D eigenvalue weighted by Crippen LogP contribution is -2.23. The second-order valence-corrected chi connectivity index (χ2v) is 3.36. The number of hydrogen-bond acceptors (Lipinski definition) is 2. The summed E-state index contributed by atoms with van der Waals surface area (Å²) in [6, 6.07) is 0. The van der Waals surface area contributed by atoms with Crippen molar-refractivity contribution in [3.63, 3.8) is 0 Å². The molecule has 60 valence electrons. The van der Waals surface area contributed by atoms with Crippen LogP contribution in [0.25, 0.3) is 0 Å². The highest BCUT2D eigenvalue weighted by Crippen LogP contribution is 2.06. The molecule has 0 heterocycles. The number of rotatable bonds is 4. The van der Waals surface area contributed by atoms with Crippen molar-refractivity contribution in [2.45, 2.75) is 33.5 Å². The van der Waals surface area contributed by atoms with Crippen LogP contribution < -0.4 is 0 Å². The van der Waals surface area contributed by atoms with E-state index in [1.54, 1.807) is 0 Å². The Morgan fingerprint density at radius 2 is 1.80 bits per heavy atom. The van der Waals surface area contributed by atoms with Gasteiger partial charge < -0.3 is 9.68 Å². The summed E-state index contributed by atoms with van der Waals surface area (Å²) in [7, 11) is -0.595. The molecule has 0 aliphatic carbocycles. The largest absolute Gasteiger partial charge is 0.456 e. The standard InChI is InChI=1S/C7H17BO2/c1-6(2)5-10-8(9)7(3)4/h6-7,9H,5H2,1-4H3. The molecular formula is C7H17BO2. The van der Waals surface area contributed by atoms with Gasteiger partial charge in [0, 0.05) is 6.61 Å². The zero-order valence-corrected chi connectivity index (χ0v) is 7.29. The average Bonchev–Trinajstić information content (AvgIpc) is 1.82. The lowest BCUT2D eigenvalue weighted by atomic mass is 9.75. The molecule has 0 aromatic rings. The molecule has 3 heteroatoms. The molecule has 0 spiro atoms. The van der Waals surface area contributed by atoms with Crippen molar-refractivity contribution in [3.05, 3.63) is 0 Å². The first-order valence-corrected chi connectivity index (χ1v) is 3.83. The van der Waals surface area contributed by atoms with Crippen molar-refractivity contribution in [1.82, 2.24) is 0 Å². The van der Waals surface area contributed by atoms with Gasteiger partial charge in [0.25, 0.3) is 0 Å². The molecule has 0 aromatic carbocycles. The van der Waals surface area contributed by atoms with Crippen molar-refractivity contribution in [2.75, 3.05) is 6.61 Å². The van der Waals surface area contributed by atoms with Gasteiger partial charge in [-0.05, 0) is 11.7 Å². The van der Waals surface area contributed by atoms with E-state index in [1.165, 1.54) is 0 Å². The summed E-state index contributed by atoms with van der Waals surface area (Å²) in [6.07, 6.45) is 0. The SMILES string of the molecule is CC(C)COB(O)C(C)C. The molecule has 0 amide bonds. The first-order valence-electron chi connectivity index (χ1n) is 3.83. The fraction of sp³-hybridized carbons (Fsp3) is 1.00. The Labute approximate surface area is 63.7 Å². The Balaban J connectivity index is 3.30. The summed E-state index contributed by atoms with van der Waals surface area (Å²) in [6.45, 7) is 8.63. The van der Waals surface area contributed by atoms with Crippen molar-refractivity contribution in [2.24, 2.45) is 5.92 Å². The van der Waals surface area contributed by atoms with Gasteiger partial charge in [0.2, 0.25) is 0 Å². The van der Waals surface area contributed by atoms with Crippen LogP contribution in [-0.2, 0) is 4.65 Å². The minimum atomic E-state index is -0.595. The molecule has 0 saturated heterocycles. The van der Waals surface area contributed by atoms with E-state index in [9.17, 15) is 0 Å². The van der Waals surface area contributed by atoms with Crippen molar-refractivity contribution in [3.8, 4) is 0 Å². The van der Waals surface area contributed by atoms with Gasteiger partial charge >= 0.3 is 7.12 Å². The van der Waals surface area contributed by atoms with Crippen LogP contribution in [0.3, 0.4) is 0 Å². The van der Waals surface area contributed by atoms with Crippen LogP contribution in [-0.4, -0.2) is 18.7 Å². The normalized spacial score (nSPS) is 11.1. The van der Waals surface area contributed by atoms with Gasteiger partial charge in [0.1, 0.15) is 0 Å². The van der Waals surface area contributed by atoms with Gasteiger partial charge in [-0.15, -0.1) is 0 Å². The van der Waals surface area contributed by atoms with Crippen molar-refractivity contribution in [1.29, 1.82) is 0 Å². The first kappa shape index (κ1) is 9.98. The zero-order valence-electron chi connectivity index (χ0n) is 7.29. The lowest BCUT2D eigenvalue weighted by molar-refractivity contribution is 0.219. The van der Waals surface area contributed by atoms with Gasteiger partial charge in [-0.3, -0.25) is 0 Å². The van der Waals surface area contributed by atoms with Gasteiger partial charge in [-0.2, -0.15) is 0 Å². The molecule has 0 aliphatic rings. The predicted octanol–water partition coefficient (Wildman–Crippen LogP) is 1.55. The lowest BCUT2D eigenvalue weighted by Gasteiger charge is -2.12. The summed E-state index contributed by atoms with van der Waals surface area (Å²) in [5.74, 6) is 0.687. The van der Waals surface area contributed by atoms with E-state index in [0.717, 1.165) is 0 Å². The molecule has 0 atom stereocenters. The quantitative estimate of drug-likeness (QED) is 0.606. The van der Waals surface area contributed by atoms with Gasteiger partial charge in [0.15, 0.2) is 0 Å². The highest BCUT2D eigenvalue weighted by Gasteiger charge is 2.17. The Kier molecular flexibility index (Phi) is 4.74. The van der Waals surface area contributed by atoms with Crippen LogP contribution in [0, 0.1) is 5.92 Å². The second-order valence-electron chi connectivity index (χ2n) is 3.36. The van der Waals surface area contributed by atoms with E-state index in [0.29, 0.717) is 12.5 Å². The molecule has 2 nitrogen and oxygen atoms in total. The maximum atomic E-state index is 9.15. The van der Waals surface area contributed by atoms with Crippen LogP contribution in [0.1, 0.15) is 27.7 Å². The zero-order chi connectivity index (χ0) is 8.15.